The van der Waals surface area contributed by atoms with Crippen molar-refractivity contribution in [2.45, 2.75) is 19.6 Å². The van der Waals surface area contributed by atoms with E-state index in [0.29, 0.717) is 16.0 Å². The number of H-pyrrole nitrogens is 1. The number of aromatic amines is 1. The van der Waals surface area contributed by atoms with Gasteiger partial charge in [-0.05, 0) is 24.6 Å². The molecule has 0 aliphatic rings. The van der Waals surface area contributed by atoms with Crippen molar-refractivity contribution in [2.75, 3.05) is 5.32 Å². The summed E-state index contributed by atoms with van der Waals surface area (Å²) in [4.78, 5) is 37.0. The van der Waals surface area contributed by atoms with Crippen LogP contribution in [0.2, 0.25) is 0 Å². The molecule has 0 spiro atoms. The molecule has 164 valence electrons. The molecule has 13 heteroatoms. The summed E-state index contributed by atoms with van der Waals surface area (Å²) in [6.45, 7) is 1.38. The molecule has 3 aromatic heterocycles. The molecule has 3 N–H and O–H groups in total. The number of benzene rings is 1. The average molecular weight is 461 g/mol. The summed E-state index contributed by atoms with van der Waals surface area (Å²) in [7, 11) is 0. The van der Waals surface area contributed by atoms with Crippen LogP contribution in [0.4, 0.5) is 18.9 Å². The smallest absolute Gasteiger partial charge is 0.344 e. The maximum Gasteiger partial charge on any atom is 0.416 e. The Hall–Kier alpha value is -3.87. The summed E-state index contributed by atoms with van der Waals surface area (Å²) in [5, 5.41) is 12.4. The maximum atomic E-state index is 13.1. The molecule has 4 aromatic rings. The Kier molecular flexibility index (Phi) is 5.57. The van der Waals surface area contributed by atoms with Gasteiger partial charge in [0, 0.05) is 5.69 Å². The van der Waals surface area contributed by atoms with Crippen LogP contribution < -0.4 is 10.6 Å². The van der Waals surface area contributed by atoms with E-state index in [1.807, 2.05) is 0 Å². The Morgan fingerprint density at radius 3 is 2.72 bits per heavy atom. The van der Waals surface area contributed by atoms with Crippen LogP contribution in [0, 0.1) is 6.92 Å². The average Bonchev–Trinajstić information content (AvgIpc) is 3.42. The first-order valence-corrected chi connectivity index (χ1v) is 9.90. The number of fused-ring (bicyclic) bond motifs is 1. The fraction of sp³-hybridized carbons (Fsp3) is 0.158. The van der Waals surface area contributed by atoms with Crippen LogP contribution in [0.1, 0.15) is 36.3 Å². The van der Waals surface area contributed by atoms with Gasteiger partial charge in [-0.25, -0.2) is 15.0 Å². The number of aryl methyl sites for hydroxylation is 1. The number of aromatic nitrogens is 5. The molecule has 0 aliphatic heterocycles. The first-order chi connectivity index (χ1) is 15.2. The van der Waals surface area contributed by atoms with E-state index in [1.54, 1.807) is 0 Å². The second-order valence-electron chi connectivity index (χ2n) is 6.64. The minimum Gasteiger partial charge on any atom is -0.344 e. The molecule has 0 aliphatic carbocycles. The van der Waals surface area contributed by atoms with Gasteiger partial charge in [-0.2, -0.15) is 18.3 Å². The predicted octanol–water partition coefficient (Wildman–Crippen LogP) is 3.32. The number of nitrogens with zero attached hydrogens (tertiary/aromatic N) is 4. The van der Waals surface area contributed by atoms with Gasteiger partial charge in [0.2, 0.25) is 0 Å². The highest BCUT2D eigenvalue weighted by molar-refractivity contribution is 7.13. The molecule has 4 rings (SSSR count). The second-order valence-corrected chi connectivity index (χ2v) is 7.75. The number of hydrogen-bond acceptors (Lipinski definition) is 7. The molecule has 1 aromatic carbocycles. The summed E-state index contributed by atoms with van der Waals surface area (Å²) < 4.78 is 39.2. The van der Waals surface area contributed by atoms with E-state index in [4.69, 9.17) is 0 Å². The van der Waals surface area contributed by atoms with Gasteiger partial charge in [-0.15, -0.1) is 11.3 Å². The van der Waals surface area contributed by atoms with Gasteiger partial charge in [0.15, 0.2) is 5.65 Å². The van der Waals surface area contributed by atoms with Crippen LogP contribution >= 0.6 is 11.3 Å². The highest BCUT2D eigenvalue weighted by Gasteiger charge is 2.32. The molecular formula is C19H14F3N7O2S. The first-order valence-electron chi connectivity index (χ1n) is 9.08. The number of halogens is 3. The zero-order chi connectivity index (χ0) is 22.9. The Morgan fingerprint density at radius 1 is 1.12 bits per heavy atom. The van der Waals surface area contributed by atoms with E-state index in [9.17, 15) is 22.8 Å². The van der Waals surface area contributed by atoms with Gasteiger partial charge in [0.25, 0.3) is 11.8 Å². The summed E-state index contributed by atoms with van der Waals surface area (Å²) >= 11 is 1.00. The third kappa shape index (κ3) is 4.42. The molecule has 32 heavy (non-hydrogen) atoms. The zero-order valence-electron chi connectivity index (χ0n) is 16.3. The number of carbonyl (C=O) groups excluding carboxylic acids is 2. The monoisotopic (exact) mass is 461 g/mol. The standard InChI is InChI=1S/C19H14F3N7O2S/c1-9-2-3-10(4-12(9)19(20,21)22)28-17(30)13-6-23-14(32-13)7-24-18(31)15-11-5-27-29-16(11)26-8-25-15/h2-6,8H,7H2,1H3,(H,24,31)(H,28,30)(H,25,26,27,29). The highest BCUT2D eigenvalue weighted by Crippen LogP contribution is 2.33. The van der Waals surface area contributed by atoms with E-state index in [0.717, 1.165) is 17.4 Å². The molecule has 0 saturated carbocycles. The fourth-order valence-electron chi connectivity index (χ4n) is 2.88. The van der Waals surface area contributed by atoms with Crippen molar-refractivity contribution in [3.8, 4) is 0 Å². The van der Waals surface area contributed by atoms with Crippen molar-refractivity contribution >= 4 is 39.9 Å². The van der Waals surface area contributed by atoms with E-state index >= 15 is 0 Å². The molecule has 0 bridgehead atoms. The number of anilines is 1. The van der Waals surface area contributed by atoms with E-state index < -0.39 is 23.6 Å². The topological polar surface area (TPSA) is 126 Å². The second kappa shape index (κ2) is 8.34. The van der Waals surface area contributed by atoms with Gasteiger partial charge < -0.3 is 10.6 Å². The van der Waals surface area contributed by atoms with Crippen molar-refractivity contribution in [1.29, 1.82) is 0 Å². The summed E-state index contributed by atoms with van der Waals surface area (Å²) in [6, 6.07) is 3.56. The Labute approximate surface area is 182 Å². The Balaban J connectivity index is 1.41. The lowest BCUT2D eigenvalue weighted by molar-refractivity contribution is -0.138. The van der Waals surface area contributed by atoms with Crippen molar-refractivity contribution in [3.63, 3.8) is 0 Å². The summed E-state index contributed by atoms with van der Waals surface area (Å²) in [5.74, 6) is -1.08. The Morgan fingerprint density at radius 2 is 1.94 bits per heavy atom. The largest absolute Gasteiger partial charge is 0.416 e. The maximum absolute atomic E-state index is 13.1. The van der Waals surface area contributed by atoms with Crippen molar-refractivity contribution in [1.82, 2.24) is 30.5 Å². The van der Waals surface area contributed by atoms with Crippen LogP contribution in [-0.4, -0.2) is 37.0 Å². The lowest BCUT2D eigenvalue weighted by Gasteiger charge is -2.12. The minimum atomic E-state index is -4.52. The quantitative estimate of drug-likeness (QED) is 0.419. The molecule has 0 radical (unpaired) electrons. The number of carbonyl (C=O) groups is 2. The predicted molar refractivity (Wildman–Crippen MR) is 109 cm³/mol. The van der Waals surface area contributed by atoms with Gasteiger partial charge >= 0.3 is 6.18 Å². The zero-order valence-corrected chi connectivity index (χ0v) is 17.1. The van der Waals surface area contributed by atoms with Crippen LogP contribution in [0.15, 0.2) is 36.9 Å². The lowest BCUT2D eigenvalue weighted by Crippen LogP contribution is -2.24. The highest BCUT2D eigenvalue weighted by atomic mass is 32.1. The van der Waals surface area contributed by atoms with Gasteiger partial charge in [-0.3, -0.25) is 14.7 Å². The number of amides is 2. The van der Waals surface area contributed by atoms with Crippen molar-refractivity contribution in [2.24, 2.45) is 0 Å². The SMILES string of the molecule is Cc1ccc(NC(=O)c2cnc(CNC(=O)c3ncnc4[nH]ncc34)s2)cc1C(F)(F)F. The number of thiazole rings is 1. The molecule has 9 nitrogen and oxygen atoms in total. The van der Waals surface area contributed by atoms with Crippen molar-refractivity contribution < 1.29 is 22.8 Å². The summed E-state index contributed by atoms with van der Waals surface area (Å²) in [6.07, 6.45) is -0.562. The van der Waals surface area contributed by atoms with Crippen LogP contribution in [0.25, 0.3) is 11.0 Å². The minimum absolute atomic E-state index is 0.0177. The number of nitrogens with one attached hydrogen (secondary N) is 3. The van der Waals surface area contributed by atoms with E-state index in [-0.39, 0.29) is 28.4 Å². The third-order valence-electron chi connectivity index (χ3n) is 4.44. The fourth-order valence-corrected chi connectivity index (χ4v) is 3.63. The number of alkyl halides is 3. The first kappa shape index (κ1) is 21.4. The lowest BCUT2D eigenvalue weighted by atomic mass is 10.1. The summed E-state index contributed by atoms with van der Waals surface area (Å²) in [5.41, 5.74) is -0.188. The molecule has 0 saturated heterocycles. The molecule has 2 amide bonds. The van der Waals surface area contributed by atoms with E-state index in [1.165, 1.54) is 37.8 Å². The number of hydrogen-bond donors (Lipinski definition) is 3. The molecule has 0 atom stereocenters. The van der Waals surface area contributed by atoms with Gasteiger partial charge in [0.05, 0.1) is 29.9 Å². The number of rotatable bonds is 5. The van der Waals surface area contributed by atoms with Crippen LogP contribution in [0.3, 0.4) is 0 Å². The van der Waals surface area contributed by atoms with Gasteiger partial charge in [-0.1, -0.05) is 6.07 Å². The molecule has 0 unspecified atom stereocenters. The van der Waals surface area contributed by atoms with Crippen molar-refractivity contribution in [3.05, 3.63) is 63.6 Å². The molecular weight excluding hydrogens is 447 g/mol. The van der Waals surface area contributed by atoms with Crippen LogP contribution in [-0.2, 0) is 12.7 Å². The molecule has 0 fully saturated rings. The van der Waals surface area contributed by atoms with E-state index in [2.05, 4.69) is 35.8 Å². The normalized spacial score (nSPS) is 11.5. The third-order valence-corrected chi connectivity index (χ3v) is 5.44. The molecule has 3 heterocycles. The van der Waals surface area contributed by atoms with Crippen LogP contribution in [0.5, 0.6) is 0 Å². The Bertz CT molecular complexity index is 1320. The van der Waals surface area contributed by atoms with Gasteiger partial charge in [0.1, 0.15) is 21.9 Å².